The molecule has 0 aromatic carbocycles. The summed E-state index contributed by atoms with van der Waals surface area (Å²) in [7, 11) is 1.75. The van der Waals surface area contributed by atoms with Crippen LogP contribution in [0.4, 0.5) is 0 Å². The molecule has 0 aliphatic rings. The minimum absolute atomic E-state index is 0.0162. The lowest BCUT2D eigenvalue weighted by molar-refractivity contribution is 0.0799. The van der Waals surface area contributed by atoms with E-state index in [1.165, 1.54) is 11.3 Å². The Morgan fingerprint density at radius 1 is 1.71 bits per heavy atom. The van der Waals surface area contributed by atoms with Crippen molar-refractivity contribution in [1.29, 1.82) is 0 Å². The van der Waals surface area contributed by atoms with Crippen molar-refractivity contribution in [1.82, 2.24) is 4.90 Å². The molecule has 0 bridgehead atoms. The Bertz CT molecular complexity index is 322. The number of nitrogens with zero attached hydrogens (tertiary/aromatic N) is 1. The van der Waals surface area contributed by atoms with Gasteiger partial charge in [-0.25, -0.2) is 0 Å². The van der Waals surface area contributed by atoms with Crippen molar-refractivity contribution in [3.05, 3.63) is 22.4 Å². The molecule has 0 saturated heterocycles. The van der Waals surface area contributed by atoms with Gasteiger partial charge in [0.1, 0.15) is 0 Å². The zero-order valence-electron chi connectivity index (χ0n) is 7.90. The molecule has 14 heavy (non-hydrogen) atoms. The fourth-order valence-corrected chi connectivity index (χ4v) is 1.71. The number of thiophene rings is 1. The molecule has 1 amide bonds. The molecule has 1 rings (SSSR count). The van der Waals surface area contributed by atoms with Gasteiger partial charge in [0.2, 0.25) is 0 Å². The van der Waals surface area contributed by atoms with Crippen LogP contribution in [-0.2, 0) is 0 Å². The number of nitrogens with two attached hydrogens (primary N) is 1. The zero-order chi connectivity index (χ0) is 10.6. The van der Waals surface area contributed by atoms with Crippen molar-refractivity contribution in [3.8, 4) is 0 Å². The first-order valence-corrected chi connectivity index (χ1v) is 5.52. The highest BCUT2D eigenvalue weighted by molar-refractivity contribution is 7.80. The Hall–Kier alpha value is -0.940. The predicted octanol–water partition coefficient (Wildman–Crippen LogP) is 1.50. The maximum atomic E-state index is 11.7. The standard InChI is InChI=1S/C9H12N2OS2/c1-11(4-2-8(10)13)9(12)7-3-5-14-6-7/h3,5-6H,2,4H2,1H3,(H2,10,13). The van der Waals surface area contributed by atoms with Crippen LogP contribution in [-0.4, -0.2) is 29.4 Å². The number of carbonyl (C=O) groups excluding carboxylic acids is 1. The van der Waals surface area contributed by atoms with Crippen molar-refractivity contribution in [2.24, 2.45) is 5.73 Å². The summed E-state index contributed by atoms with van der Waals surface area (Å²) in [6, 6.07) is 1.81. The third-order valence-corrected chi connectivity index (χ3v) is 2.70. The number of rotatable bonds is 4. The van der Waals surface area contributed by atoms with Gasteiger partial charge in [-0.3, -0.25) is 4.79 Å². The first kappa shape index (κ1) is 11.1. The molecule has 76 valence electrons. The normalized spacial score (nSPS) is 9.79. The lowest BCUT2D eigenvalue weighted by Gasteiger charge is -2.15. The highest BCUT2D eigenvalue weighted by Gasteiger charge is 2.11. The Kier molecular flexibility index (Phi) is 4.03. The monoisotopic (exact) mass is 228 g/mol. The number of hydrogen-bond donors (Lipinski definition) is 1. The van der Waals surface area contributed by atoms with E-state index < -0.39 is 0 Å². The van der Waals surface area contributed by atoms with Gasteiger partial charge in [0.05, 0.1) is 10.6 Å². The molecule has 0 radical (unpaired) electrons. The predicted molar refractivity (Wildman–Crippen MR) is 62.7 cm³/mol. The van der Waals surface area contributed by atoms with E-state index in [-0.39, 0.29) is 5.91 Å². The lowest BCUT2D eigenvalue weighted by Crippen LogP contribution is -2.29. The van der Waals surface area contributed by atoms with E-state index in [4.69, 9.17) is 18.0 Å². The van der Waals surface area contributed by atoms with Crippen LogP contribution < -0.4 is 5.73 Å². The molecule has 0 atom stereocenters. The molecule has 0 aliphatic heterocycles. The highest BCUT2D eigenvalue weighted by atomic mass is 32.1. The third kappa shape index (κ3) is 3.08. The quantitative estimate of drug-likeness (QED) is 0.794. The molecular formula is C9H12N2OS2. The number of hydrogen-bond acceptors (Lipinski definition) is 3. The third-order valence-electron chi connectivity index (χ3n) is 1.81. The Balaban J connectivity index is 2.49. The van der Waals surface area contributed by atoms with Crippen LogP contribution in [0.25, 0.3) is 0 Å². The number of amides is 1. The van der Waals surface area contributed by atoms with Gasteiger partial charge in [0.15, 0.2) is 0 Å². The van der Waals surface area contributed by atoms with Crippen molar-refractivity contribution in [3.63, 3.8) is 0 Å². The van der Waals surface area contributed by atoms with Crippen LogP contribution in [0.3, 0.4) is 0 Å². The minimum atomic E-state index is 0.0162. The molecule has 5 heteroatoms. The van der Waals surface area contributed by atoms with Gasteiger partial charge >= 0.3 is 0 Å². The Labute approximate surface area is 92.5 Å². The Morgan fingerprint density at radius 2 is 2.43 bits per heavy atom. The average molecular weight is 228 g/mol. The lowest BCUT2D eigenvalue weighted by atomic mass is 10.3. The summed E-state index contributed by atoms with van der Waals surface area (Å²) in [6.45, 7) is 0.573. The first-order chi connectivity index (χ1) is 6.61. The van der Waals surface area contributed by atoms with Crippen LogP contribution >= 0.6 is 23.6 Å². The molecule has 0 saturated carbocycles. The van der Waals surface area contributed by atoms with E-state index in [0.29, 0.717) is 18.0 Å². The zero-order valence-corrected chi connectivity index (χ0v) is 9.53. The number of carbonyl (C=O) groups is 1. The van der Waals surface area contributed by atoms with E-state index in [1.54, 1.807) is 11.9 Å². The van der Waals surface area contributed by atoms with Crippen LogP contribution in [0.15, 0.2) is 16.8 Å². The van der Waals surface area contributed by atoms with Crippen LogP contribution in [0.2, 0.25) is 0 Å². The second-order valence-corrected chi connectivity index (χ2v) is 4.26. The second-order valence-electron chi connectivity index (χ2n) is 2.96. The molecule has 0 aliphatic carbocycles. The van der Waals surface area contributed by atoms with Crippen LogP contribution in [0.5, 0.6) is 0 Å². The van der Waals surface area contributed by atoms with E-state index in [0.717, 1.165) is 5.56 Å². The molecule has 0 unspecified atom stereocenters. The van der Waals surface area contributed by atoms with Crippen molar-refractivity contribution >= 4 is 34.5 Å². The van der Waals surface area contributed by atoms with Crippen molar-refractivity contribution in [2.45, 2.75) is 6.42 Å². The molecule has 2 N–H and O–H groups in total. The van der Waals surface area contributed by atoms with Gasteiger partial charge < -0.3 is 10.6 Å². The number of thiocarbonyl (C=S) groups is 1. The van der Waals surface area contributed by atoms with Gasteiger partial charge in [-0.05, 0) is 11.4 Å². The highest BCUT2D eigenvalue weighted by Crippen LogP contribution is 2.08. The molecule has 1 heterocycles. The largest absolute Gasteiger partial charge is 0.393 e. The van der Waals surface area contributed by atoms with Gasteiger partial charge in [-0.2, -0.15) is 11.3 Å². The molecule has 0 fully saturated rings. The topological polar surface area (TPSA) is 46.3 Å². The average Bonchev–Trinajstić information content (AvgIpc) is 2.65. The molecule has 0 spiro atoms. The summed E-state index contributed by atoms with van der Waals surface area (Å²) >= 11 is 6.25. The fourth-order valence-electron chi connectivity index (χ4n) is 0.986. The smallest absolute Gasteiger partial charge is 0.254 e. The maximum Gasteiger partial charge on any atom is 0.254 e. The van der Waals surface area contributed by atoms with Gasteiger partial charge in [0.25, 0.3) is 5.91 Å². The summed E-state index contributed by atoms with van der Waals surface area (Å²) < 4.78 is 0. The van der Waals surface area contributed by atoms with Gasteiger partial charge in [-0.1, -0.05) is 12.2 Å². The summed E-state index contributed by atoms with van der Waals surface area (Å²) in [6.07, 6.45) is 0.571. The van der Waals surface area contributed by atoms with Gasteiger partial charge in [-0.15, -0.1) is 0 Å². The SMILES string of the molecule is CN(CCC(N)=S)C(=O)c1ccsc1. The first-order valence-electron chi connectivity index (χ1n) is 4.17. The maximum absolute atomic E-state index is 11.7. The Morgan fingerprint density at radius 3 is 2.93 bits per heavy atom. The van der Waals surface area contributed by atoms with Crippen LogP contribution in [0, 0.1) is 0 Å². The minimum Gasteiger partial charge on any atom is -0.393 e. The second kappa shape index (κ2) is 5.07. The summed E-state index contributed by atoms with van der Waals surface area (Å²) in [5.74, 6) is 0.0162. The molecule has 1 aromatic heterocycles. The summed E-state index contributed by atoms with van der Waals surface area (Å²) in [5, 5.41) is 3.72. The molecule has 1 aromatic rings. The fraction of sp³-hybridized carbons (Fsp3) is 0.333. The van der Waals surface area contributed by atoms with E-state index in [9.17, 15) is 4.79 Å². The van der Waals surface area contributed by atoms with E-state index in [2.05, 4.69) is 0 Å². The summed E-state index contributed by atoms with van der Waals surface area (Å²) in [5.41, 5.74) is 6.08. The van der Waals surface area contributed by atoms with Crippen molar-refractivity contribution < 1.29 is 4.79 Å². The van der Waals surface area contributed by atoms with Crippen LogP contribution in [0.1, 0.15) is 16.8 Å². The molecular weight excluding hydrogens is 216 g/mol. The van der Waals surface area contributed by atoms with Crippen molar-refractivity contribution in [2.75, 3.05) is 13.6 Å². The van der Waals surface area contributed by atoms with Gasteiger partial charge in [0, 0.05) is 25.4 Å². The summed E-state index contributed by atoms with van der Waals surface area (Å²) in [4.78, 5) is 13.7. The van der Waals surface area contributed by atoms with E-state index >= 15 is 0 Å². The van der Waals surface area contributed by atoms with E-state index in [1.807, 2.05) is 16.8 Å². The molecule has 3 nitrogen and oxygen atoms in total.